The van der Waals surface area contributed by atoms with E-state index >= 15 is 0 Å². The molecule has 2 rings (SSSR count). The van der Waals surface area contributed by atoms with Crippen LogP contribution in [0.2, 0.25) is 0 Å². The molecule has 0 saturated heterocycles. The maximum atomic E-state index is 11.8. The lowest BCUT2D eigenvalue weighted by Crippen LogP contribution is -2.35. The number of halogens is 1. The quantitative estimate of drug-likeness (QED) is 0.857. The fourth-order valence-electron chi connectivity index (χ4n) is 1.46. The van der Waals surface area contributed by atoms with Gasteiger partial charge in [-0.1, -0.05) is 34.1 Å². The van der Waals surface area contributed by atoms with Crippen LogP contribution in [0.3, 0.4) is 0 Å². The van der Waals surface area contributed by atoms with Gasteiger partial charge in [-0.2, -0.15) is 0 Å². The number of hydrogen-bond donors (Lipinski definition) is 1. The molecule has 0 atom stereocenters. The van der Waals surface area contributed by atoms with Gasteiger partial charge in [0.15, 0.2) is 0 Å². The number of aliphatic carboxylic acids is 1. The molecule has 0 aliphatic rings. The minimum Gasteiger partial charge on any atom is -0.543 e. The zero-order valence-corrected chi connectivity index (χ0v) is 12.5. The van der Waals surface area contributed by atoms with Crippen LogP contribution in [0.1, 0.15) is 15.2 Å². The fraction of sp³-hybridized carbons (Fsp3) is 0. The lowest BCUT2D eigenvalue weighted by atomic mass is 10.2. The van der Waals surface area contributed by atoms with Crippen LogP contribution >= 0.6 is 27.3 Å². The summed E-state index contributed by atoms with van der Waals surface area (Å²) in [6.07, 6.45) is 1.35. The summed E-state index contributed by atoms with van der Waals surface area (Å²) < 4.78 is 0.882. The highest BCUT2D eigenvalue weighted by molar-refractivity contribution is 9.10. The van der Waals surface area contributed by atoms with Crippen molar-refractivity contribution in [2.24, 2.45) is 0 Å². The Labute approximate surface area is 127 Å². The van der Waals surface area contributed by atoms with Crippen LogP contribution in [-0.2, 0) is 4.79 Å². The lowest BCUT2D eigenvalue weighted by molar-refractivity contribution is -0.299. The molecular formula is C14H9BrNO3S-. The Morgan fingerprint density at radius 1 is 1.20 bits per heavy atom. The number of carbonyl (C=O) groups is 2. The normalized spacial score (nSPS) is 11.2. The number of carbonyl (C=O) groups excluding carboxylic acids is 2. The number of hydrogen-bond acceptors (Lipinski definition) is 4. The number of benzene rings is 1. The topological polar surface area (TPSA) is 69.2 Å². The maximum absolute atomic E-state index is 11.8. The SMILES string of the molecule is O=C([O-])/C(=C\c1ccc(Br)cc1)NC(=O)c1cccs1. The number of amides is 1. The lowest BCUT2D eigenvalue weighted by Gasteiger charge is -2.10. The van der Waals surface area contributed by atoms with Crippen molar-refractivity contribution in [1.82, 2.24) is 5.32 Å². The van der Waals surface area contributed by atoms with Gasteiger partial charge in [-0.05, 0) is 35.2 Å². The smallest absolute Gasteiger partial charge is 0.265 e. The van der Waals surface area contributed by atoms with Gasteiger partial charge in [0.1, 0.15) is 0 Å². The summed E-state index contributed by atoms with van der Waals surface area (Å²) in [5.41, 5.74) is 0.379. The highest BCUT2D eigenvalue weighted by atomic mass is 79.9. The van der Waals surface area contributed by atoms with Gasteiger partial charge in [-0.25, -0.2) is 0 Å². The van der Waals surface area contributed by atoms with Gasteiger partial charge in [-0.15, -0.1) is 11.3 Å². The van der Waals surface area contributed by atoms with E-state index in [1.165, 1.54) is 17.4 Å². The highest BCUT2D eigenvalue weighted by Gasteiger charge is 2.09. The van der Waals surface area contributed by atoms with Gasteiger partial charge in [0.05, 0.1) is 16.5 Å². The molecule has 1 N–H and O–H groups in total. The van der Waals surface area contributed by atoms with E-state index in [-0.39, 0.29) is 5.70 Å². The molecule has 2 aromatic rings. The average molecular weight is 351 g/mol. The summed E-state index contributed by atoms with van der Waals surface area (Å²) in [5, 5.41) is 15.2. The number of thiophene rings is 1. The van der Waals surface area contributed by atoms with Crippen LogP contribution in [0, 0.1) is 0 Å². The van der Waals surface area contributed by atoms with E-state index in [2.05, 4.69) is 21.2 Å². The Balaban J connectivity index is 2.21. The van der Waals surface area contributed by atoms with Crippen molar-refractivity contribution in [3.8, 4) is 0 Å². The van der Waals surface area contributed by atoms with Gasteiger partial charge in [-0.3, -0.25) is 4.79 Å². The van der Waals surface area contributed by atoms with Gasteiger partial charge in [0.25, 0.3) is 5.91 Å². The number of rotatable bonds is 4. The van der Waals surface area contributed by atoms with Crippen LogP contribution in [0.25, 0.3) is 6.08 Å². The zero-order valence-electron chi connectivity index (χ0n) is 10.1. The summed E-state index contributed by atoms with van der Waals surface area (Å²) in [5.74, 6) is -1.90. The molecule has 6 heteroatoms. The monoisotopic (exact) mass is 350 g/mol. The minimum atomic E-state index is -1.43. The molecule has 0 radical (unpaired) electrons. The molecule has 4 nitrogen and oxygen atoms in total. The van der Waals surface area contributed by atoms with E-state index in [1.807, 2.05) is 0 Å². The molecule has 0 aliphatic carbocycles. The van der Waals surface area contributed by atoms with Crippen LogP contribution < -0.4 is 10.4 Å². The second kappa shape index (κ2) is 6.49. The molecule has 1 aromatic carbocycles. The summed E-state index contributed by atoms with van der Waals surface area (Å²) in [6.45, 7) is 0. The van der Waals surface area contributed by atoms with Crippen LogP contribution in [-0.4, -0.2) is 11.9 Å². The minimum absolute atomic E-state index is 0.272. The van der Waals surface area contributed by atoms with Gasteiger partial charge in [0, 0.05) is 4.47 Å². The Kier molecular flexibility index (Phi) is 4.70. The molecule has 1 aromatic heterocycles. The first-order valence-corrected chi connectivity index (χ1v) is 7.27. The second-order valence-electron chi connectivity index (χ2n) is 3.83. The Bertz CT molecular complexity index is 648. The highest BCUT2D eigenvalue weighted by Crippen LogP contribution is 2.13. The van der Waals surface area contributed by atoms with Crippen LogP contribution in [0.15, 0.2) is 51.9 Å². The number of carboxylic acids is 1. The molecule has 0 fully saturated rings. The first-order chi connectivity index (χ1) is 9.56. The summed E-state index contributed by atoms with van der Waals surface area (Å²) in [6, 6.07) is 10.3. The van der Waals surface area contributed by atoms with E-state index in [1.54, 1.807) is 41.8 Å². The molecule has 0 spiro atoms. The molecule has 20 heavy (non-hydrogen) atoms. The van der Waals surface area contributed by atoms with Crippen molar-refractivity contribution in [3.05, 3.63) is 62.4 Å². The molecular weight excluding hydrogens is 342 g/mol. The first-order valence-electron chi connectivity index (χ1n) is 5.60. The molecule has 0 bridgehead atoms. The molecule has 0 unspecified atom stereocenters. The molecule has 1 heterocycles. The predicted octanol–water partition coefficient (Wildman–Crippen LogP) is 2.03. The van der Waals surface area contributed by atoms with Crippen molar-refractivity contribution < 1.29 is 14.7 Å². The predicted molar refractivity (Wildman–Crippen MR) is 78.9 cm³/mol. The third-order valence-corrected chi connectivity index (χ3v) is 3.79. The van der Waals surface area contributed by atoms with E-state index in [0.717, 1.165) is 4.47 Å². The van der Waals surface area contributed by atoms with Crippen LogP contribution in [0.5, 0.6) is 0 Å². The van der Waals surface area contributed by atoms with Gasteiger partial charge < -0.3 is 15.2 Å². The van der Waals surface area contributed by atoms with Crippen molar-refractivity contribution in [1.29, 1.82) is 0 Å². The van der Waals surface area contributed by atoms with E-state index < -0.39 is 11.9 Å². The number of nitrogens with one attached hydrogen (secondary N) is 1. The Morgan fingerprint density at radius 3 is 2.45 bits per heavy atom. The molecule has 0 aliphatic heterocycles. The largest absolute Gasteiger partial charge is 0.543 e. The third-order valence-electron chi connectivity index (χ3n) is 2.39. The van der Waals surface area contributed by atoms with Gasteiger partial charge >= 0.3 is 0 Å². The summed E-state index contributed by atoms with van der Waals surface area (Å²) >= 11 is 4.52. The maximum Gasteiger partial charge on any atom is 0.265 e. The van der Waals surface area contributed by atoms with Crippen molar-refractivity contribution in [2.45, 2.75) is 0 Å². The zero-order chi connectivity index (χ0) is 14.5. The van der Waals surface area contributed by atoms with Crippen LogP contribution in [0.4, 0.5) is 0 Å². The molecule has 0 saturated carbocycles. The summed E-state index contributed by atoms with van der Waals surface area (Å²) in [4.78, 5) is 23.3. The number of carboxylic acid groups (broad SMARTS) is 1. The Hall–Kier alpha value is -1.92. The molecule has 102 valence electrons. The third kappa shape index (κ3) is 3.79. The van der Waals surface area contributed by atoms with Gasteiger partial charge in [0.2, 0.25) is 0 Å². The van der Waals surface area contributed by atoms with Crippen molar-refractivity contribution in [2.75, 3.05) is 0 Å². The summed E-state index contributed by atoms with van der Waals surface area (Å²) in [7, 11) is 0. The average Bonchev–Trinajstić information content (AvgIpc) is 2.94. The second-order valence-corrected chi connectivity index (χ2v) is 5.69. The Morgan fingerprint density at radius 2 is 1.90 bits per heavy atom. The molecule has 1 amide bonds. The standard InChI is InChI=1S/C14H10BrNO3S/c15-10-5-3-9(4-6-10)8-11(14(18)19)16-13(17)12-2-1-7-20-12/h1-8H,(H,16,17)(H,18,19)/p-1/b11-8+. The van der Waals surface area contributed by atoms with Crippen molar-refractivity contribution >= 4 is 45.2 Å². The van der Waals surface area contributed by atoms with E-state index in [0.29, 0.717) is 10.4 Å². The van der Waals surface area contributed by atoms with Crippen molar-refractivity contribution in [3.63, 3.8) is 0 Å². The first kappa shape index (κ1) is 14.5. The van der Waals surface area contributed by atoms with E-state index in [9.17, 15) is 14.7 Å². The fourth-order valence-corrected chi connectivity index (χ4v) is 2.35. The van der Waals surface area contributed by atoms with E-state index in [4.69, 9.17) is 0 Å².